The van der Waals surface area contributed by atoms with Crippen LogP contribution < -0.4 is 24.0 Å². The summed E-state index contributed by atoms with van der Waals surface area (Å²) in [6.07, 6.45) is 15.6. The van der Waals surface area contributed by atoms with Gasteiger partial charge in [-0.15, -0.1) is 0 Å². The normalized spacial score (nSPS) is 9.96. The molecule has 0 radical (unpaired) electrons. The van der Waals surface area contributed by atoms with E-state index in [0.717, 1.165) is 50.5 Å². The zero-order chi connectivity index (χ0) is 16.5. The largest absolute Gasteiger partial charge is 1.00 e. The van der Waals surface area contributed by atoms with E-state index in [1.54, 1.807) is 0 Å². The standard InChI is InChI=1S/C19H34O3.Li/c1-2-3-4-11-14-18(17-20)15-12-9-7-5-6-8-10-13-16-19(21)22;/h2-16H2,1H3,(H,21,22);/q;+1/p-1. The average Bonchev–Trinajstić information content (AvgIpc) is 2.50. The maximum absolute atomic E-state index is 10.9. The molecule has 0 aromatic rings. The van der Waals surface area contributed by atoms with Gasteiger partial charge in [-0.3, -0.25) is 0 Å². The molecular weight excluding hydrogens is 283 g/mol. The van der Waals surface area contributed by atoms with Crippen molar-refractivity contribution in [2.45, 2.75) is 103 Å². The Morgan fingerprint density at radius 1 is 0.739 bits per heavy atom. The van der Waals surface area contributed by atoms with Crippen LogP contribution in [0.2, 0.25) is 0 Å². The Kier molecular flexibility index (Phi) is 21.1. The van der Waals surface area contributed by atoms with Crippen molar-refractivity contribution in [1.82, 2.24) is 0 Å². The van der Waals surface area contributed by atoms with Gasteiger partial charge in [0.25, 0.3) is 0 Å². The monoisotopic (exact) mass is 316 g/mol. The Morgan fingerprint density at radius 2 is 1.13 bits per heavy atom. The predicted octanol–water partition coefficient (Wildman–Crippen LogP) is 1.37. The molecule has 0 heterocycles. The van der Waals surface area contributed by atoms with Crippen LogP contribution in [-0.2, 0) is 9.59 Å². The zero-order valence-corrected chi connectivity index (χ0v) is 15.3. The van der Waals surface area contributed by atoms with Gasteiger partial charge in [0, 0.05) is 11.5 Å². The van der Waals surface area contributed by atoms with Gasteiger partial charge in [-0.1, -0.05) is 64.7 Å². The molecular formula is C19H33LiO3. The van der Waals surface area contributed by atoms with Crippen LogP contribution in [0.3, 0.4) is 0 Å². The summed E-state index contributed by atoms with van der Waals surface area (Å²) in [6, 6.07) is 0. The Bertz CT molecular complexity index is 323. The first-order chi connectivity index (χ1) is 10.7. The minimum atomic E-state index is -0.936. The number of unbranched alkanes of at least 4 members (excludes halogenated alkanes) is 10. The number of carbonyl (C=O) groups excluding carboxylic acids is 2. The van der Waals surface area contributed by atoms with Crippen molar-refractivity contribution < 1.29 is 33.6 Å². The minimum absolute atomic E-state index is 0. The summed E-state index contributed by atoms with van der Waals surface area (Å²) >= 11 is 0. The summed E-state index contributed by atoms with van der Waals surface area (Å²) in [7, 11) is 0. The first-order valence-corrected chi connectivity index (χ1v) is 9.13. The van der Waals surface area contributed by atoms with Gasteiger partial charge in [0.1, 0.15) is 5.94 Å². The smallest absolute Gasteiger partial charge is 0.550 e. The molecule has 0 aliphatic heterocycles. The van der Waals surface area contributed by atoms with E-state index < -0.39 is 5.97 Å². The Labute approximate surface area is 154 Å². The molecule has 0 amide bonds. The van der Waals surface area contributed by atoms with Crippen molar-refractivity contribution in [3.05, 3.63) is 5.57 Å². The zero-order valence-electron chi connectivity index (χ0n) is 15.3. The molecule has 0 saturated carbocycles. The Hall–Kier alpha value is -0.483. The third-order valence-electron chi connectivity index (χ3n) is 4.09. The number of allylic oxidation sites excluding steroid dienone is 1. The van der Waals surface area contributed by atoms with Gasteiger partial charge in [-0.05, 0) is 38.5 Å². The molecule has 0 unspecified atom stereocenters. The number of hydrogen-bond acceptors (Lipinski definition) is 3. The molecule has 0 rings (SSSR count). The van der Waals surface area contributed by atoms with E-state index in [9.17, 15) is 14.7 Å². The van der Waals surface area contributed by atoms with Gasteiger partial charge in [0.15, 0.2) is 0 Å². The quantitative estimate of drug-likeness (QED) is 0.245. The maximum atomic E-state index is 10.9. The molecule has 0 spiro atoms. The van der Waals surface area contributed by atoms with E-state index in [1.165, 1.54) is 44.9 Å². The van der Waals surface area contributed by atoms with Gasteiger partial charge in [-0.2, -0.15) is 0 Å². The van der Waals surface area contributed by atoms with Crippen molar-refractivity contribution in [1.29, 1.82) is 0 Å². The molecule has 0 aliphatic carbocycles. The SMILES string of the molecule is CCCCCCC(=C=O)CCCCCCCCCCC(=O)[O-].[Li+]. The van der Waals surface area contributed by atoms with Crippen LogP contribution in [-0.4, -0.2) is 11.9 Å². The molecule has 0 N–H and O–H groups in total. The van der Waals surface area contributed by atoms with Gasteiger partial charge in [-0.25, -0.2) is 4.79 Å². The van der Waals surface area contributed by atoms with E-state index in [2.05, 4.69) is 12.9 Å². The molecule has 0 fully saturated rings. The van der Waals surface area contributed by atoms with Crippen molar-refractivity contribution in [2.75, 3.05) is 0 Å². The molecule has 3 nitrogen and oxygen atoms in total. The third-order valence-corrected chi connectivity index (χ3v) is 4.09. The first kappa shape index (κ1) is 24.8. The van der Waals surface area contributed by atoms with Crippen LogP contribution in [0.25, 0.3) is 0 Å². The fourth-order valence-electron chi connectivity index (χ4n) is 2.66. The molecule has 0 saturated heterocycles. The second-order valence-electron chi connectivity index (χ2n) is 6.22. The fourth-order valence-corrected chi connectivity index (χ4v) is 2.66. The summed E-state index contributed by atoms with van der Waals surface area (Å²) in [6.45, 7) is 2.19. The molecule has 4 heteroatoms. The van der Waals surface area contributed by atoms with Gasteiger partial charge in [0.05, 0.1) is 0 Å². The molecule has 23 heavy (non-hydrogen) atoms. The molecule has 0 aliphatic rings. The van der Waals surface area contributed by atoms with Crippen LogP contribution >= 0.6 is 0 Å². The summed E-state index contributed by atoms with van der Waals surface area (Å²) in [5, 5.41) is 10.2. The summed E-state index contributed by atoms with van der Waals surface area (Å²) in [4.78, 5) is 21.1. The van der Waals surface area contributed by atoms with Crippen LogP contribution in [0.1, 0.15) is 103 Å². The molecule has 0 bridgehead atoms. The van der Waals surface area contributed by atoms with Gasteiger partial charge >= 0.3 is 18.9 Å². The van der Waals surface area contributed by atoms with Crippen LogP contribution in [0.5, 0.6) is 0 Å². The summed E-state index contributed by atoms with van der Waals surface area (Å²) in [5.41, 5.74) is 0.971. The summed E-state index contributed by atoms with van der Waals surface area (Å²) in [5.74, 6) is 1.19. The predicted molar refractivity (Wildman–Crippen MR) is 89.1 cm³/mol. The summed E-state index contributed by atoms with van der Waals surface area (Å²) < 4.78 is 0. The van der Waals surface area contributed by atoms with E-state index in [4.69, 9.17) is 0 Å². The number of hydrogen-bond donors (Lipinski definition) is 0. The van der Waals surface area contributed by atoms with Crippen molar-refractivity contribution in [2.24, 2.45) is 0 Å². The average molecular weight is 316 g/mol. The Balaban J connectivity index is 0. The second-order valence-corrected chi connectivity index (χ2v) is 6.22. The second kappa shape index (κ2) is 19.6. The van der Waals surface area contributed by atoms with E-state index in [1.807, 2.05) is 0 Å². The fraction of sp³-hybridized carbons (Fsp3) is 0.842. The number of carboxylic acid groups (broad SMARTS) is 1. The topological polar surface area (TPSA) is 57.2 Å². The van der Waals surface area contributed by atoms with Crippen molar-refractivity contribution in [3.63, 3.8) is 0 Å². The third kappa shape index (κ3) is 19.5. The first-order valence-electron chi connectivity index (χ1n) is 9.13. The molecule has 128 valence electrons. The van der Waals surface area contributed by atoms with Crippen molar-refractivity contribution >= 4 is 11.9 Å². The van der Waals surface area contributed by atoms with E-state index in [-0.39, 0.29) is 25.3 Å². The van der Waals surface area contributed by atoms with Crippen LogP contribution in [0, 0.1) is 0 Å². The van der Waals surface area contributed by atoms with Gasteiger partial charge in [0.2, 0.25) is 0 Å². The number of carbonyl (C=O) groups is 1. The number of carboxylic acids is 1. The van der Waals surface area contributed by atoms with Crippen LogP contribution in [0.15, 0.2) is 5.57 Å². The molecule has 0 atom stereocenters. The van der Waals surface area contributed by atoms with E-state index >= 15 is 0 Å². The molecule has 0 aromatic heterocycles. The number of aliphatic carboxylic acids is 1. The van der Waals surface area contributed by atoms with Gasteiger partial charge < -0.3 is 9.90 Å². The number of rotatable bonds is 16. The van der Waals surface area contributed by atoms with E-state index in [0.29, 0.717) is 0 Å². The maximum Gasteiger partial charge on any atom is 1.00 e. The van der Waals surface area contributed by atoms with Crippen molar-refractivity contribution in [3.8, 4) is 0 Å². The minimum Gasteiger partial charge on any atom is -0.550 e. The molecule has 0 aromatic carbocycles. The Morgan fingerprint density at radius 3 is 1.52 bits per heavy atom. The van der Waals surface area contributed by atoms with Crippen LogP contribution in [0.4, 0.5) is 0 Å².